The van der Waals surface area contributed by atoms with Crippen LogP contribution >= 0.6 is 0 Å². The van der Waals surface area contributed by atoms with Crippen molar-refractivity contribution in [1.29, 1.82) is 0 Å². The maximum atomic E-state index is 10.8. The summed E-state index contributed by atoms with van der Waals surface area (Å²) in [6, 6.07) is 5.43. The van der Waals surface area contributed by atoms with Gasteiger partial charge in [0.25, 0.3) is 0 Å². The summed E-state index contributed by atoms with van der Waals surface area (Å²) in [6.45, 7) is 3.14. The molecule has 0 heterocycles. The Morgan fingerprint density at radius 2 is 2.12 bits per heavy atom. The number of aliphatic carboxylic acids is 1. The zero-order valence-corrected chi connectivity index (χ0v) is 9.65. The average Bonchev–Trinajstić information content (AvgIpc) is 2.20. The first kappa shape index (κ1) is 12.5. The summed E-state index contributed by atoms with van der Waals surface area (Å²) in [6.07, 6.45) is 0.0260. The van der Waals surface area contributed by atoms with E-state index in [1.54, 1.807) is 6.07 Å². The van der Waals surface area contributed by atoms with Gasteiger partial charge in [0, 0.05) is 12.0 Å². The van der Waals surface area contributed by atoms with Gasteiger partial charge >= 0.3 is 5.97 Å². The standard InChI is InChI=1S/C12H16O4/c1-8-5-4-6-10(16-3)9(8)7-12(2,15)11(13)14/h4-6,15H,7H2,1-3H3,(H,13,14). The predicted molar refractivity (Wildman–Crippen MR) is 59.7 cm³/mol. The van der Waals surface area contributed by atoms with Gasteiger partial charge < -0.3 is 14.9 Å². The van der Waals surface area contributed by atoms with Crippen LogP contribution in [0, 0.1) is 6.92 Å². The molecule has 0 aliphatic carbocycles. The Kier molecular flexibility index (Phi) is 3.55. The molecular weight excluding hydrogens is 208 g/mol. The number of benzene rings is 1. The van der Waals surface area contributed by atoms with E-state index in [1.807, 2.05) is 19.1 Å². The summed E-state index contributed by atoms with van der Waals surface area (Å²) >= 11 is 0. The van der Waals surface area contributed by atoms with Gasteiger partial charge in [-0.2, -0.15) is 0 Å². The lowest BCUT2D eigenvalue weighted by Crippen LogP contribution is -2.37. The highest BCUT2D eigenvalue weighted by atomic mass is 16.5. The van der Waals surface area contributed by atoms with Crippen LogP contribution in [0.25, 0.3) is 0 Å². The van der Waals surface area contributed by atoms with Gasteiger partial charge in [-0.1, -0.05) is 12.1 Å². The van der Waals surface area contributed by atoms with Crippen molar-refractivity contribution in [2.24, 2.45) is 0 Å². The van der Waals surface area contributed by atoms with Crippen molar-refractivity contribution in [2.75, 3.05) is 7.11 Å². The molecule has 0 aliphatic heterocycles. The summed E-state index contributed by atoms with van der Waals surface area (Å²) < 4.78 is 5.15. The van der Waals surface area contributed by atoms with E-state index in [2.05, 4.69) is 0 Å². The Labute approximate surface area is 94.5 Å². The number of carboxylic acid groups (broad SMARTS) is 1. The van der Waals surface area contributed by atoms with Crippen molar-refractivity contribution in [3.05, 3.63) is 29.3 Å². The van der Waals surface area contributed by atoms with E-state index in [0.717, 1.165) is 11.1 Å². The van der Waals surface area contributed by atoms with Crippen molar-refractivity contribution < 1.29 is 19.7 Å². The van der Waals surface area contributed by atoms with Crippen molar-refractivity contribution >= 4 is 5.97 Å². The molecule has 0 spiro atoms. The van der Waals surface area contributed by atoms with E-state index < -0.39 is 11.6 Å². The molecule has 0 saturated carbocycles. The van der Waals surface area contributed by atoms with Crippen LogP contribution in [0.3, 0.4) is 0 Å². The normalized spacial score (nSPS) is 14.2. The van der Waals surface area contributed by atoms with Crippen molar-refractivity contribution in [3.8, 4) is 5.75 Å². The maximum Gasteiger partial charge on any atom is 0.335 e. The average molecular weight is 224 g/mol. The van der Waals surface area contributed by atoms with E-state index in [4.69, 9.17) is 9.84 Å². The number of ether oxygens (including phenoxy) is 1. The fourth-order valence-corrected chi connectivity index (χ4v) is 1.51. The minimum atomic E-state index is -1.78. The molecule has 1 aromatic carbocycles. The SMILES string of the molecule is COc1cccc(C)c1CC(C)(O)C(=O)O. The summed E-state index contributed by atoms with van der Waals surface area (Å²) in [5, 5.41) is 18.6. The second-order valence-electron chi connectivity index (χ2n) is 4.01. The first-order valence-corrected chi connectivity index (χ1v) is 4.96. The van der Waals surface area contributed by atoms with Crippen LogP contribution in [0.4, 0.5) is 0 Å². The maximum absolute atomic E-state index is 10.8. The van der Waals surface area contributed by atoms with Crippen molar-refractivity contribution in [3.63, 3.8) is 0 Å². The van der Waals surface area contributed by atoms with Crippen molar-refractivity contribution in [1.82, 2.24) is 0 Å². The summed E-state index contributed by atoms with van der Waals surface area (Å²) in [4.78, 5) is 10.8. The molecule has 1 rings (SSSR count). The van der Waals surface area contributed by atoms with E-state index in [0.29, 0.717) is 5.75 Å². The number of aryl methyl sites for hydroxylation is 1. The summed E-state index contributed by atoms with van der Waals surface area (Å²) in [5.74, 6) is -0.640. The molecule has 4 nitrogen and oxygen atoms in total. The van der Waals surface area contributed by atoms with Crippen LogP contribution in [-0.4, -0.2) is 28.9 Å². The molecule has 0 amide bonds. The highest BCUT2D eigenvalue weighted by Crippen LogP contribution is 2.26. The molecule has 1 atom stereocenters. The molecule has 88 valence electrons. The first-order chi connectivity index (χ1) is 7.38. The van der Waals surface area contributed by atoms with Gasteiger partial charge in [0.05, 0.1) is 7.11 Å². The highest BCUT2D eigenvalue weighted by Gasteiger charge is 2.31. The minimum absolute atomic E-state index is 0.0260. The third-order valence-electron chi connectivity index (χ3n) is 2.57. The van der Waals surface area contributed by atoms with Crippen molar-refractivity contribution in [2.45, 2.75) is 25.9 Å². The monoisotopic (exact) mass is 224 g/mol. The number of carboxylic acids is 1. The molecule has 0 saturated heterocycles. The largest absolute Gasteiger partial charge is 0.496 e. The molecule has 0 fully saturated rings. The molecule has 0 aromatic heterocycles. The van der Waals surface area contributed by atoms with Crippen LogP contribution in [-0.2, 0) is 11.2 Å². The lowest BCUT2D eigenvalue weighted by Gasteiger charge is -2.20. The highest BCUT2D eigenvalue weighted by molar-refractivity contribution is 5.77. The summed E-state index contributed by atoms with van der Waals surface area (Å²) in [7, 11) is 1.52. The molecule has 0 aliphatic rings. The van der Waals surface area contributed by atoms with E-state index in [-0.39, 0.29) is 6.42 Å². The Morgan fingerprint density at radius 3 is 2.62 bits per heavy atom. The minimum Gasteiger partial charge on any atom is -0.496 e. The zero-order valence-electron chi connectivity index (χ0n) is 9.65. The molecule has 0 bridgehead atoms. The van der Waals surface area contributed by atoms with Gasteiger partial charge in [-0.3, -0.25) is 0 Å². The molecule has 1 aromatic rings. The van der Waals surface area contributed by atoms with Gasteiger partial charge in [-0.05, 0) is 25.5 Å². The Bertz CT molecular complexity index is 396. The third-order valence-corrected chi connectivity index (χ3v) is 2.57. The van der Waals surface area contributed by atoms with Crippen LogP contribution in [0.5, 0.6) is 5.75 Å². The number of methoxy groups -OCH3 is 1. The number of hydrogen-bond acceptors (Lipinski definition) is 3. The van der Waals surface area contributed by atoms with Crippen LogP contribution in [0.2, 0.25) is 0 Å². The Hall–Kier alpha value is -1.55. The van der Waals surface area contributed by atoms with E-state index in [1.165, 1.54) is 14.0 Å². The molecule has 16 heavy (non-hydrogen) atoms. The van der Waals surface area contributed by atoms with Crippen LogP contribution in [0.1, 0.15) is 18.1 Å². The van der Waals surface area contributed by atoms with Crippen LogP contribution < -0.4 is 4.74 Å². The Balaban J connectivity index is 3.09. The first-order valence-electron chi connectivity index (χ1n) is 4.96. The second-order valence-corrected chi connectivity index (χ2v) is 4.01. The number of aliphatic hydroxyl groups is 1. The van der Waals surface area contributed by atoms with E-state index >= 15 is 0 Å². The van der Waals surface area contributed by atoms with Gasteiger partial charge in [0.2, 0.25) is 0 Å². The zero-order chi connectivity index (χ0) is 12.3. The summed E-state index contributed by atoms with van der Waals surface area (Å²) in [5.41, 5.74) is -0.155. The molecule has 0 radical (unpaired) electrons. The molecule has 2 N–H and O–H groups in total. The lowest BCUT2D eigenvalue weighted by atomic mass is 9.93. The van der Waals surface area contributed by atoms with Gasteiger partial charge in [-0.25, -0.2) is 4.79 Å². The molecule has 4 heteroatoms. The smallest absolute Gasteiger partial charge is 0.335 e. The van der Waals surface area contributed by atoms with E-state index in [9.17, 15) is 9.90 Å². The number of rotatable bonds is 4. The van der Waals surface area contributed by atoms with Crippen LogP contribution in [0.15, 0.2) is 18.2 Å². The predicted octanol–water partition coefficient (Wildman–Crippen LogP) is 1.38. The third kappa shape index (κ3) is 2.52. The molecular formula is C12H16O4. The number of carbonyl (C=O) groups is 1. The second kappa shape index (κ2) is 4.53. The van der Waals surface area contributed by atoms with Gasteiger partial charge in [0.1, 0.15) is 5.75 Å². The Morgan fingerprint density at radius 1 is 1.50 bits per heavy atom. The topological polar surface area (TPSA) is 66.8 Å². The number of hydrogen-bond donors (Lipinski definition) is 2. The lowest BCUT2D eigenvalue weighted by molar-refractivity contribution is -0.156. The van der Waals surface area contributed by atoms with Gasteiger partial charge in [0.15, 0.2) is 5.60 Å². The fraction of sp³-hybridized carbons (Fsp3) is 0.417. The van der Waals surface area contributed by atoms with Gasteiger partial charge in [-0.15, -0.1) is 0 Å². The molecule has 1 unspecified atom stereocenters. The quantitative estimate of drug-likeness (QED) is 0.810. The fourth-order valence-electron chi connectivity index (χ4n) is 1.51.